The molecule has 1 aliphatic carbocycles. The molecule has 0 aliphatic heterocycles. The van der Waals surface area contributed by atoms with Gasteiger partial charge in [-0.2, -0.15) is 14.0 Å². The molecule has 0 N–H and O–H groups in total. The first-order chi connectivity index (χ1) is 16.2. The maximum absolute atomic E-state index is 14.4. The standard InChI is InChI=1S/C27H30F5NO/c1-2-3-4-5-18-6-10-20(11-7-18)21-12-8-19(9-13-21)17-34-27(31,32)26(30)22-14-24(28)23(16-33)25(29)15-22/h8-9,12-15,18,20,26H,2-7,10-11,17H2,1H3. The number of halogens is 5. The molecule has 1 fully saturated rings. The highest BCUT2D eigenvalue weighted by Gasteiger charge is 2.43. The SMILES string of the molecule is CCCCCC1CCC(c2ccc(COC(F)(F)C(F)c3cc(F)c(C#N)c(F)c3)cc2)CC1. The van der Waals surface area contributed by atoms with Gasteiger partial charge in [0.15, 0.2) is 0 Å². The molecule has 0 amide bonds. The second kappa shape index (κ2) is 11.8. The zero-order valence-corrected chi connectivity index (χ0v) is 19.3. The number of hydrogen-bond donors (Lipinski definition) is 0. The molecular formula is C27H30F5NO. The molecule has 1 unspecified atom stereocenters. The van der Waals surface area contributed by atoms with E-state index in [0.29, 0.717) is 23.6 Å². The first kappa shape index (κ1) is 26.2. The van der Waals surface area contributed by atoms with E-state index in [9.17, 15) is 22.0 Å². The van der Waals surface area contributed by atoms with Crippen LogP contribution >= 0.6 is 0 Å². The van der Waals surface area contributed by atoms with Crippen LogP contribution in [-0.2, 0) is 11.3 Å². The number of benzene rings is 2. The number of alkyl halides is 3. The van der Waals surface area contributed by atoms with Crippen molar-refractivity contribution >= 4 is 0 Å². The van der Waals surface area contributed by atoms with E-state index in [2.05, 4.69) is 11.7 Å². The van der Waals surface area contributed by atoms with Crippen LogP contribution in [0.25, 0.3) is 0 Å². The number of nitrogens with zero attached hydrogens (tertiary/aromatic N) is 1. The van der Waals surface area contributed by atoms with Crippen LogP contribution in [0.2, 0.25) is 0 Å². The first-order valence-electron chi connectivity index (χ1n) is 11.9. The molecule has 0 aromatic heterocycles. The fraction of sp³-hybridized carbons (Fsp3) is 0.519. The number of nitriles is 1. The minimum absolute atomic E-state index is 0.386. The third-order valence-corrected chi connectivity index (χ3v) is 6.71. The van der Waals surface area contributed by atoms with Crippen LogP contribution in [0.4, 0.5) is 22.0 Å². The van der Waals surface area contributed by atoms with Gasteiger partial charge in [-0.05, 0) is 60.8 Å². The van der Waals surface area contributed by atoms with Gasteiger partial charge >= 0.3 is 6.11 Å². The van der Waals surface area contributed by atoms with E-state index in [0.717, 1.165) is 24.3 Å². The molecule has 2 nitrogen and oxygen atoms in total. The summed E-state index contributed by atoms with van der Waals surface area (Å²) in [5.74, 6) is -1.55. The Morgan fingerprint density at radius 3 is 2.21 bits per heavy atom. The number of hydrogen-bond acceptors (Lipinski definition) is 2. The average Bonchev–Trinajstić information content (AvgIpc) is 2.83. The lowest BCUT2D eigenvalue weighted by atomic mass is 9.77. The van der Waals surface area contributed by atoms with Gasteiger partial charge in [0.05, 0.1) is 6.61 Å². The van der Waals surface area contributed by atoms with Gasteiger partial charge in [0.25, 0.3) is 0 Å². The normalized spacial score (nSPS) is 19.6. The Kier molecular flexibility index (Phi) is 9.07. The fourth-order valence-electron chi connectivity index (χ4n) is 4.65. The number of rotatable bonds is 10. The Balaban J connectivity index is 1.54. The summed E-state index contributed by atoms with van der Waals surface area (Å²) in [5, 5.41) is 8.66. The Hall–Kier alpha value is -2.46. The summed E-state index contributed by atoms with van der Waals surface area (Å²) in [6.07, 6.45) is 2.36. The second-order valence-electron chi connectivity index (χ2n) is 9.14. The van der Waals surface area contributed by atoms with Gasteiger partial charge in [0, 0.05) is 5.56 Å². The van der Waals surface area contributed by atoms with Crippen molar-refractivity contribution in [3.8, 4) is 6.07 Å². The van der Waals surface area contributed by atoms with Crippen molar-refractivity contribution < 1.29 is 26.7 Å². The summed E-state index contributed by atoms with van der Waals surface area (Å²) in [6, 6.07) is 9.21. The predicted octanol–water partition coefficient (Wildman–Crippen LogP) is 8.51. The molecule has 0 spiro atoms. The molecule has 184 valence electrons. The summed E-state index contributed by atoms with van der Waals surface area (Å²) in [4.78, 5) is 0. The molecule has 2 aromatic rings. The molecule has 3 rings (SSSR count). The van der Waals surface area contributed by atoms with Crippen LogP contribution < -0.4 is 0 Å². The number of unbranched alkanes of at least 4 members (excludes halogenated alkanes) is 2. The molecule has 7 heteroatoms. The lowest BCUT2D eigenvalue weighted by Crippen LogP contribution is -2.27. The van der Waals surface area contributed by atoms with Gasteiger partial charge in [-0.25, -0.2) is 13.2 Å². The topological polar surface area (TPSA) is 33.0 Å². The molecule has 1 atom stereocenters. The highest BCUT2D eigenvalue weighted by molar-refractivity contribution is 5.36. The third kappa shape index (κ3) is 6.56. The zero-order valence-electron chi connectivity index (χ0n) is 19.3. The van der Waals surface area contributed by atoms with Crippen LogP contribution in [0.3, 0.4) is 0 Å². The highest BCUT2D eigenvalue weighted by atomic mass is 19.3. The van der Waals surface area contributed by atoms with Crippen molar-refractivity contribution in [1.82, 2.24) is 0 Å². The van der Waals surface area contributed by atoms with Crippen LogP contribution in [0.15, 0.2) is 36.4 Å². The van der Waals surface area contributed by atoms with Crippen molar-refractivity contribution in [2.75, 3.05) is 0 Å². The smallest absolute Gasteiger partial charge is 0.313 e. The molecule has 0 heterocycles. The molecule has 34 heavy (non-hydrogen) atoms. The summed E-state index contributed by atoms with van der Waals surface area (Å²) in [7, 11) is 0. The summed E-state index contributed by atoms with van der Waals surface area (Å²) >= 11 is 0. The lowest BCUT2D eigenvalue weighted by molar-refractivity contribution is -0.282. The number of ether oxygens (including phenoxy) is 1. The van der Waals surface area contributed by atoms with Gasteiger partial charge in [-0.1, -0.05) is 56.9 Å². The fourth-order valence-corrected chi connectivity index (χ4v) is 4.65. The summed E-state index contributed by atoms with van der Waals surface area (Å²) in [5.41, 5.74) is -0.277. The Morgan fingerprint density at radius 1 is 1.03 bits per heavy atom. The predicted molar refractivity (Wildman–Crippen MR) is 120 cm³/mol. The summed E-state index contributed by atoms with van der Waals surface area (Å²) in [6.45, 7) is 1.65. The van der Waals surface area contributed by atoms with E-state index in [1.807, 2.05) is 12.1 Å². The Bertz CT molecular complexity index is 955. The Labute approximate surface area is 197 Å². The van der Waals surface area contributed by atoms with Gasteiger partial charge in [0.2, 0.25) is 6.17 Å². The highest BCUT2D eigenvalue weighted by Crippen LogP contribution is 2.39. The van der Waals surface area contributed by atoms with Gasteiger partial charge < -0.3 is 4.74 Å². The maximum atomic E-state index is 14.4. The van der Waals surface area contributed by atoms with E-state index < -0.39 is 41.6 Å². The molecule has 1 aliphatic rings. The van der Waals surface area contributed by atoms with Gasteiger partial charge in [-0.3, -0.25) is 0 Å². The molecule has 0 saturated heterocycles. The molecular weight excluding hydrogens is 449 g/mol. The molecule has 2 aromatic carbocycles. The minimum atomic E-state index is -4.30. The van der Waals surface area contributed by atoms with Gasteiger partial charge in [-0.15, -0.1) is 0 Å². The van der Waals surface area contributed by atoms with E-state index in [1.165, 1.54) is 44.6 Å². The molecule has 0 bridgehead atoms. The van der Waals surface area contributed by atoms with Crippen LogP contribution in [-0.4, -0.2) is 6.11 Å². The van der Waals surface area contributed by atoms with Crippen molar-refractivity contribution in [2.24, 2.45) is 5.92 Å². The Morgan fingerprint density at radius 2 is 1.65 bits per heavy atom. The van der Waals surface area contributed by atoms with Crippen LogP contribution in [0.1, 0.15) is 92.6 Å². The van der Waals surface area contributed by atoms with Crippen molar-refractivity contribution in [1.29, 1.82) is 5.26 Å². The molecule has 1 saturated carbocycles. The first-order valence-corrected chi connectivity index (χ1v) is 11.9. The minimum Gasteiger partial charge on any atom is -0.313 e. The van der Waals surface area contributed by atoms with Crippen molar-refractivity contribution in [3.63, 3.8) is 0 Å². The van der Waals surface area contributed by atoms with E-state index >= 15 is 0 Å². The van der Waals surface area contributed by atoms with Crippen LogP contribution in [0.5, 0.6) is 0 Å². The van der Waals surface area contributed by atoms with Crippen molar-refractivity contribution in [3.05, 3.63) is 70.3 Å². The van der Waals surface area contributed by atoms with Gasteiger partial charge in [0.1, 0.15) is 23.3 Å². The molecule has 0 radical (unpaired) electrons. The maximum Gasteiger partial charge on any atom is 0.391 e. The zero-order chi connectivity index (χ0) is 24.7. The van der Waals surface area contributed by atoms with E-state index in [4.69, 9.17) is 5.26 Å². The second-order valence-corrected chi connectivity index (χ2v) is 9.14. The summed E-state index contributed by atoms with van der Waals surface area (Å²) < 4.78 is 74.7. The third-order valence-electron chi connectivity index (χ3n) is 6.71. The lowest BCUT2D eigenvalue weighted by Gasteiger charge is -2.29. The quantitative estimate of drug-likeness (QED) is 0.253. The average molecular weight is 480 g/mol. The monoisotopic (exact) mass is 479 g/mol. The van der Waals surface area contributed by atoms with Crippen molar-refractivity contribution in [2.45, 2.75) is 83.1 Å². The van der Waals surface area contributed by atoms with E-state index in [1.54, 1.807) is 12.1 Å². The largest absolute Gasteiger partial charge is 0.391 e. The van der Waals surface area contributed by atoms with Crippen LogP contribution in [0, 0.1) is 28.9 Å². The van der Waals surface area contributed by atoms with E-state index in [-0.39, 0.29) is 0 Å².